The Morgan fingerprint density at radius 2 is 2.05 bits per heavy atom. The third-order valence-corrected chi connectivity index (χ3v) is 4.74. The van der Waals surface area contributed by atoms with Crippen LogP contribution in [-0.2, 0) is 19.6 Å². The molecular formula is C13H20N2O4S. The van der Waals surface area contributed by atoms with Crippen LogP contribution in [0.1, 0.15) is 18.9 Å². The first-order valence-electron chi connectivity index (χ1n) is 6.26. The summed E-state index contributed by atoms with van der Waals surface area (Å²) in [5, 5.41) is 0. The number of aryl methyl sites for hydroxylation is 1. The lowest BCUT2D eigenvalue weighted by molar-refractivity contribution is -0.140. The van der Waals surface area contributed by atoms with Crippen LogP contribution in [0.25, 0.3) is 0 Å². The number of nitrogens with two attached hydrogens (primary N) is 1. The third-order valence-electron chi connectivity index (χ3n) is 2.89. The molecule has 0 saturated carbocycles. The molecule has 1 aromatic rings. The van der Waals surface area contributed by atoms with E-state index in [4.69, 9.17) is 5.73 Å². The molecule has 0 amide bonds. The number of nitrogens with zero attached hydrogens (tertiary/aromatic N) is 1. The molecule has 0 unspecified atom stereocenters. The number of sulfonamides is 1. The summed E-state index contributed by atoms with van der Waals surface area (Å²) in [6.07, 6.45) is 0.595. The maximum atomic E-state index is 12.5. The number of benzene rings is 1. The number of ether oxygens (including phenoxy) is 1. The molecule has 0 aliphatic heterocycles. The van der Waals surface area contributed by atoms with Crippen molar-refractivity contribution in [2.24, 2.45) is 0 Å². The summed E-state index contributed by atoms with van der Waals surface area (Å²) in [5.74, 6) is -0.595. The van der Waals surface area contributed by atoms with Gasteiger partial charge in [-0.3, -0.25) is 4.79 Å². The van der Waals surface area contributed by atoms with Gasteiger partial charge in [-0.2, -0.15) is 4.31 Å². The highest BCUT2D eigenvalue weighted by molar-refractivity contribution is 7.89. The molecule has 0 spiro atoms. The molecule has 0 bridgehead atoms. The van der Waals surface area contributed by atoms with Crippen molar-refractivity contribution in [2.45, 2.75) is 25.2 Å². The van der Waals surface area contributed by atoms with Crippen molar-refractivity contribution >= 4 is 21.7 Å². The second-order valence-electron chi connectivity index (χ2n) is 4.43. The van der Waals surface area contributed by atoms with E-state index in [0.717, 1.165) is 9.87 Å². The van der Waals surface area contributed by atoms with Crippen molar-refractivity contribution < 1.29 is 17.9 Å². The van der Waals surface area contributed by atoms with Crippen LogP contribution in [0.4, 0.5) is 5.69 Å². The molecule has 0 radical (unpaired) electrons. The molecule has 7 heteroatoms. The fraction of sp³-hybridized carbons (Fsp3) is 0.462. The third kappa shape index (κ3) is 3.71. The van der Waals surface area contributed by atoms with Crippen molar-refractivity contribution in [1.82, 2.24) is 4.31 Å². The van der Waals surface area contributed by atoms with E-state index < -0.39 is 16.0 Å². The van der Waals surface area contributed by atoms with E-state index in [-0.39, 0.29) is 18.0 Å². The quantitative estimate of drug-likeness (QED) is 0.629. The van der Waals surface area contributed by atoms with Gasteiger partial charge < -0.3 is 10.5 Å². The van der Waals surface area contributed by atoms with Gasteiger partial charge in [0.25, 0.3) is 0 Å². The van der Waals surface area contributed by atoms with Gasteiger partial charge in [-0.05, 0) is 31.0 Å². The first-order valence-corrected chi connectivity index (χ1v) is 7.70. The number of hydrogen-bond acceptors (Lipinski definition) is 5. The second-order valence-corrected chi connectivity index (χ2v) is 6.37. The average Bonchev–Trinajstić information content (AvgIpc) is 2.40. The fourth-order valence-corrected chi connectivity index (χ4v) is 3.18. The van der Waals surface area contributed by atoms with Crippen molar-refractivity contribution in [1.29, 1.82) is 0 Å². The minimum absolute atomic E-state index is 0.0814. The summed E-state index contributed by atoms with van der Waals surface area (Å²) in [5.41, 5.74) is 6.95. The Hall–Kier alpha value is -1.60. The van der Waals surface area contributed by atoms with Crippen LogP contribution in [0.5, 0.6) is 0 Å². The lowest BCUT2D eigenvalue weighted by atomic mass is 10.2. The van der Waals surface area contributed by atoms with Crippen molar-refractivity contribution in [3.05, 3.63) is 23.8 Å². The van der Waals surface area contributed by atoms with E-state index in [0.29, 0.717) is 12.1 Å². The largest absolute Gasteiger partial charge is 0.468 e. The molecule has 1 rings (SSSR count). The van der Waals surface area contributed by atoms with E-state index in [2.05, 4.69) is 4.74 Å². The van der Waals surface area contributed by atoms with Gasteiger partial charge in [-0.1, -0.05) is 13.0 Å². The zero-order chi connectivity index (χ0) is 15.3. The maximum absolute atomic E-state index is 12.5. The summed E-state index contributed by atoms with van der Waals surface area (Å²) in [6, 6.07) is 4.54. The fourth-order valence-electron chi connectivity index (χ4n) is 1.67. The van der Waals surface area contributed by atoms with Gasteiger partial charge in [0.05, 0.1) is 12.0 Å². The van der Waals surface area contributed by atoms with Gasteiger partial charge in [0, 0.05) is 12.2 Å². The smallest absolute Gasteiger partial charge is 0.321 e. The average molecular weight is 300 g/mol. The zero-order valence-electron chi connectivity index (χ0n) is 11.9. The van der Waals surface area contributed by atoms with Crippen LogP contribution in [-0.4, -0.2) is 38.9 Å². The molecule has 0 aliphatic carbocycles. The number of methoxy groups -OCH3 is 1. The normalized spacial score (nSPS) is 11.6. The highest BCUT2D eigenvalue weighted by atomic mass is 32.2. The van der Waals surface area contributed by atoms with Gasteiger partial charge in [0.2, 0.25) is 10.0 Å². The molecule has 0 atom stereocenters. The first-order chi connectivity index (χ1) is 9.32. The Morgan fingerprint density at radius 3 is 2.55 bits per heavy atom. The number of carbonyl (C=O) groups excluding carboxylic acids is 1. The Bertz CT molecular complexity index is 584. The van der Waals surface area contributed by atoms with Gasteiger partial charge in [0.15, 0.2) is 0 Å². The maximum Gasteiger partial charge on any atom is 0.321 e. The van der Waals surface area contributed by atoms with E-state index in [1.165, 1.54) is 19.2 Å². The number of carbonyl (C=O) groups is 1. The SMILES string of the molecule is CCCN(CC(=O)OC)S(=O)(=O)c1ccc(C)c(N)c1. The Kier molecular flexibility index (Phi) is 5.52. The molecule has 0 aliphatic rings. The van der Waals surface area contributed by atoms with Crippen LogP contribution in [0.2, 0.25) is 0 Å². The van der Waals surface area contributed by atoms with E-state index in [1.807, 2.05) is 6.92 Å². The molecule has 0 aromatic heterocycles. The molecular weight excluding hydrogens is 280 g/mol. The van der Waals surface area contributed by atoms with Gasteiger partial charge in [-0.15, -0.1) is 0 Å². The lowest BCUT2D eigenvalue weighted by Crippen LogP contribution is -2.36. The van der Waals surface area contributed by atoms with Crippen LogP contribution in [0.15, 0.2) is 23.1 Å². The number of anilines is 1. The van der Waals surface area contributed by atoms with Gasteiger partial charge in [0.1, 0.15) is 6.54 Å². The summed E-state index contributed by atoms with van der Waals surface area (Å²) in [7, 11) is -2.53. The topological polar surface area (TPSA) is 89.7 Å². The molecule has 20 heavy (non-hydrogen) atoms. The van der Waals surface area contributed by atoms with Crippen LogP contribution < -0.4 is 5.73 Å². The summed E-state index contributed by atoms with van der Waals surface area (Å²) in [6.45, 7) is 3.57. The molecule has 0 saturated heterocycles. The first kappa shape index (κ1) is 16.5. The predicted molar refractivity (Wildman–Crippen MR) is 76.7 cm³/mol. The van der Waals surface area contributed by atoms with Crippen LogP contribution in [0, 0.1) is 6.92 Å². The number of hydrogen-bond donors (Lipinski definition) is 1. The molecule has 1 aromatic carbocycles. The van der Waals surface area contributed by atoms with Crippen molar-refractivity contribution in [3.8, 4) is 0 Å². The van der Waals surface area contributed by atoms with Gasteiger partial charge in [-0.25, -0.2) is 8.42 Å². The summed E-state index contributed by atoms with van der Waals surface area (Å²) in [4.78, 5) is 11.4. The van der Waals surface area contributed by atoms with E-state index in [9.17, 15) is 13.2 Å². The van der Waals surface area contributed by atoms with Crippen LogP contribution in [0.3, 0.4) is 0 Å². The molecule has 6 nitrogen and oxygen atoms in total. The second kappa shape index (κ2) is 6.71. The predicted octanol–water partition coefficient (Wildman–Crippen LogP) is 1.15. The number of rotatable bonds is 6. The standard InChI is InChI=1S/C13H20N2O4S/c1-4-7-15(9-13(16)19-3)20(17,18)11-6-5-10(2)12(14)8-11/h5-6,8H,4,7,9,14H2,1-3H3. The van der Waals surface area contributed by atoms with Gasteiger partial charge >= 0.3 is 5.97 Å². The van der Waals surface area contributed by atoms with Crippen molar-refractivity contribution in [3.63, 3.8) is 0 Å². The molecule has 0 heterocycles. The summed E-state index contributed by atoms with van der Waals surface area (Å²) < 4.78 is 30.6. The van der Waals surface area contributed by atoms with Crippen LogP contribution >= 0.6 is 0 Å². The monoisotopic (exact) mass is 300 g/mol. The van der Waals surface area contributed by atoms with Crippen molar-refractivity contribution in [2.75, 3.05) is 25.9 Å². The summed E-state index contributed by atoms with van der Waals surface area (Å²) >= 11 is 0. The van der Waals surface area contributed by atoms with E-state index >= 15 is 0 Å². The lowest BCUT2D eigenvalue weighted by Gasteiger charge is -2.20. The minimum atomic E-state index is -3.76. The molecule has 0 fully saturated rings. The number of nitrogen functional groups attached to an aromatic ring is 1. The Morgan fingerprint density at radius 1 is 1.40 bits per heavy atom. The minimum Gasteiger partial charge on any atom is -0.468 e. The zero-order valence-corrected chi connectivity index (χ0v) is 12.7. The van der Waals surface area contributed by atoms with E-state index in [1.54, 1.807) is 13.0 Å². The Labute approximate surface area is 119 Å². The molecule has 112 valence electrons. The molecule has 2 N–H and O–H groups in total. The highest BCUT2D eigenvalue weighted by Gasteiger charge is 2.26. The highest BCUT2D eigenvalue weighted by Crippen LogP contribution is 2.21. The number of esters is 1. The Balaban J connectivity index is 3.14.